The summed E-state index contributed by atoms with van der Waals surface area (Å²) in [5, 5.41) is 23.0. The van der Waals surface area contributed by atoms with Crippen LogP contribution in [0.3, 0.4) is 0 Å². The molecule has 0 radical (unpaired) electrons. The molecule has 4 aromatic carbocycles. The summed E-state index contributed by atoms with van der Waals surface area (Å²) in [5.74, 6) is -1.97. The molecule has 0 aliphatic carbocycles. The minimum Gasteiger partial charge on any atom is -0.449 e. The first kappa shape index (κ1) is 33.2. The molecule has 12 heteroatoms. The molecule has 0 aromatic heterocycles. The van der Waals surface area contributed by atoms with Gasteiger partial charge in [-0.2, -0.15) is 0 Å². The summed E-state index contributed by atoms with van der Waals surface area (Å²) in [5.41, 5.74) is 11.2. The van der Waals surface area contributed by atoms with Crippen LogP contribution in [0, 0.1) is 20.2 Å². The summed E-state index contributed by atoms with van der Waals surface area (Å²) in [6, 6.07) is 26.7. The molecule has 46 heavy (non-hydrogen) atoms. The Hall–Kier alpha value is -5.72. The fourth-order valence-electron chi connectivity index (χ4n) is 5.04. The van der Waals surface area contributed by atoms with Crippen LogP contribution >= 0.6 is 0 Å². The van der Waals surface area contributed by atoms with Crippen molar-refractivity contribution in [3.8, 4) is 0 Å². The van der Waals surface area contributed by atoms with E-state index in [2.05, 4.69) is 0 Å². The lowest BCUT2D eigenvalue weighted by Crippen LogP contribution is -2.40. The standard InChI is InChI=1S/C34H32N4O8/c1-33(31(35)23-11-5-3-6-12-23,25-15-9-17-27(21-25)37(41)42)45-29(39)19-20-30(40)46-34(2,32(36)24-13-7-4-8-14-24)26-16-10-18-28(22-26)38(43)44/h3-22,31-32H,35-36H2,1-2H3/b20-19-. The van der Waals surface area contributed by atoms with E-state index in [4.69, 9.17) is 20.9 Å². The molecule has 4 N–H and O–H groups in total. The fraction of sp³-hybridized carbons (Fsp3) is 0.176. The van der Waals surface area contributed by atoms with Crippen LogP contribution in [0.25, 0.3) is 0 Å². The van der Waals surface area contributed by atoms with Gasteiger partial charge < -0.3 is 20.9 Å². The monoisotopic (exact) mass is 624 g/mol. The average Bonchev–Trinajstić information content (AvgIpc) is 3.07. The van der Waals surface area contributed by atoms with Crippen molar-refractivity contribution in [2.45, 2.75) is 37.1 Å². The second-order valence-corrected chi connectivity index (χ2v) is 10.8. The second kappa shape index (κ2) is 13.9. The highest BCUT2D eigenvalue weighted by Gasteiger charge is 2.41. The Morgan fingerprint density at radius 2 is 0.978 bits per heavy atom. The Kier molecular flexibility index (Phi) is 10.0. The molecule has 4 atom stereocenters. The van der Waals surface area contributed by atoms with Gasteiger partial charge in [-0.05, 0) is 25.0 Å². The van der Waals surface area contributed by atoms with Crippen LogP contribution in [0.4, 0.5) is 11.4 Å². The third kappa shape index (κ3) is 7.32. The maximum atomic E-state index is 13.2. The lowest BCUT2D eigenvalue weighted by molar-refractivity contribution is -0.385. The number of esters is 2. The van der Waals surface area contributed by atoms with Gasteiger partial charge in [-0.25, -0.2) is 9.59 Å². The van der Waals surface area contributed by atoms with Gasteiger partial charge in [-0.15, -0.1) is 0 Å². The highest BCUT2D eigenvalue weighted by Crippen LogP contribution is 2.40. The maximum Gasteiger partial charge on any atom is 0.331 e. The molecule has 0 saturated heterocycles. The number of hydrogen-bond donors (Lipinski definition) is 2. The Morgan fingerprint density at radius 1 is 0.630 bits per heavy atom. The van der Waals surface area contributed by atoms with Crippen LogP contribution in [0.2, 0.25) is 0 Å². The van der Waals surface area contributed by atoms with Gasteiger partial charge in [0.15, 0.2) is 11.2 Å². The van der Waals surface area contributed by atoms with Gasteiger partial charge in [0.2, 0.25) is 0 Å². The smallest absolute Gasteiger partial charge is 0.331 e. The molecular formula is C34H32N4O8. The number of rotatable bonds is 12. The molecule has 0 fully saturated rings. The van der Waals surface area contributed by atoms with Crippen LogP contribution in [0.15, 0.2) is 121 Å². The quantitative estimate of drug-likeness (QED) is 0.0858. The predicted octanol–water partition coefficient (Wildman–Crippen LogP) is 5.68. The average molecular weight is 625 g/mol. The minimum atomic E-state index is -1.61. The van der Waals surface area contributed by atoms with E-state index in [1.165, 1.54) is 50.2 Å². The van der Waals surface area contributed by atoms with Gasteiger partial charge in [0.05, 0.1) is 21.9 Å². The first-order chi connectivity index (χ1) is 21.8. The number of ether oxygens (including phenoxy) is 2. The molecular weight excluding hydrogens is 592 g/mol. The molecule has 0 saturated carbocycles. The van der Waals surface area contributed by atoms with Crippen molar-refractivity contribution in [3.05, 3.63) is 164 Å². The van der Waals surface area contributed by atoms with Gasteiger partial charge in [-0.3, -0.25) is 20.2 Å². The first-order valence-electron chi connectivity index (χ1n) is 14.1. The van der Waals surface area contributed by atoms with Crippen molar-refractivity contribution in [2.24, 2.45) is 11.5 Å². The fourth-order valence-corrected chi connectivity index (χ4v) is 5.04. The summed E-state index contributed by atoms with van der Waals surface area (Å²) in [7, 11) is 0. The summed E-state index contributed by atoms with van der Waals surface area (Å²) in [4.78, 5) is 48.2. The lowest BCUT2D eigenvalue weighted by Gasteiger charge is -2.36. The van der Waals surface area contributed by atoms with Crippen molar-refractivity contribution in [2.75, 3.05) is 0 Å². The number of nitrogens with two attached hydrogens (primary N) is 2. The van der Waals surface area contributed by atoms with E-state index in [1.807, 2.05) is 0 Å². The Labute approximate surface area is 264 Å². The zero-order valence-corrected chi connectivity index (χ0v) is 25.0. The number of hydrogen-bond acceptors (Lipinski definition) is 10. The van der Waals surface area contributed by atoms with Crippen LogP contribution in [-0.4, -0.2) is 21.8 Å². The van der Waals surface area contributed by atoms with E-state index >= 15 is 0 Å². The Balaban J connectivity index is 1.64. The molecule has 0 heterocycles. The topological polar surface area (TPSA) is 191 Å². The van der Waals surface area contributed by atoms with Crippen molar-refractivity contribution >= 4 is 23.3 Å². The number of nitrogens with zero attached hydrogens (tertiary/aromatic N) is 2. The second-order valence-electron chi connectivity index (χ2n) is 10.8. The molecule has 12 nitrogen and oxygen atoms in total. The predicted molar refractivity (Wildman–Crippen MR) is 169 cm³/mol. The van der Waals surface area contributed by atoms with E-state index in [0.717, 1.165) is 12.2 Å². The molecule has 4 unspecified atom stereocenters. The largest absolute Gasteiger partial charge is 0.449 e. The maximum absolute atomic E-state index is 13.2. The van der Waals surface area contributed by atoms with Crippen LogP contribution in [-0.2, 0) is 30.3 Å². The number of nitro benzene ring substituents is 2. The van der Waals surface area contributed by atoms with E-state index in [1.54, 1.807) is 72.8 Å². The molecule has 4 aromatic rings. The van der Waals surface area contributed by atoms with E-state index in [0.29, 0.717) is 11.1 Å². The third-order valence-corrected chi connectivity index (χ3v) is 7.75. The van der Waals surface area contributed by atoms with Gasteiger partial charge in [0.1, 0.15) is 0 Å². The zero-order chi connectivity index (χ0) is 33.5. The van der Waals surface area contributed by atoms with Crippen LogP contribution in [0.5, 0.6) is 0 Å². The number of non-ortho nitro benzene ring substituents is 2. The summed E-state index contributed by atoms with van der Waals surface area (Å²) in [6.45, 7) is 3.04. The Morgan fingerprint density at radius 3 is 1.30 bits per heavy atom. The summed E-state index contributed by atoms with van der Waals surface area (Å²) < 4.78 is 11.6. The molecule has 0 spiro atoms. The molecule has 0 aliphatic heterocycles. The van der Waals surface area contributed by atoms with Crippen molar-refractivity contribution in [1.82, 2.24) is 0 Å². The highest BCUT2D eigenvalue weighted by molar-refractivity contribution is 5.92. The van der Waals surface area contributed by atoms with Gasteiger partial charge in [0.25, 0.3) is 11.4 Å². The minimum absolute atomic E-state index is 0.227. The van der Waals surface area contributed by atoms with Gasteiger partial charge in [-0.1, -0.05) is 84.9 Å². The van der Waals surface area contributed by atoms with Crippen LogP contribution in [0.1, 0.15) is 48.2 Å². The van der Waals surface area contributed by atoms with E-state index in [-0.39, 0.29) is 22.5 Å². The molecule has 0 aliphatic rings. The van der Waals surface area contributed by atoms with Crippen molar-refractivity contribution in [3.63, 3.8) is 0 Å². The third-order valence-electron chi connectivity index (χ3n) is 7.75. The number of carbonyl (C=O) groups excluding carboxylic acids is 2. The van der Waals surface area contributed by atoms with Crippen molar-refractivity contribution in [1.29, 1.82) is 0 Å². The molecule has 4 rings (SSSR count). The lowest BCUT2D eigenvalue weighted by atomic mass is 9.84. The van der Waals surface area contributed by atoms with Crippen LogP contribution < -0.4 is 11.5 Å². The number of benzene rings is 4. The molecule has 236 valence electrons. The molecule has 0 amide bonds. The SMILES string of the molecule is CC(OC(=O)/C=C\C(=O)OC(C)(c1cccc([N+](=O)[O-])c1)C(N)c1ccccc1)(c1cccc([N+](=O)[O-])c1)C(N)c1ccccc1. The van der Waals surface area contributed by atoms with Gasteiger partial charge >= 0.3 is 11.9 Å². The van der Waals surface area contributed by atoms with Gasteiger partial charge in [0, 0.05) is 47.5 Å². The zero-order valence-electron chi connectivity index (χ0n) is 25.0. The summed E-state index contributed by atoms with van der Waals surface area (Å²) in [6.07, 6.45) is 1.69. The number of nitro groups is 2. The Bertz CT molecular complexity index is 1640. The molecule has 0 bridgehead atoms. The normalized spacial score (nSPS) is 15.1. The van der Waals surface area contributed by atoms with E-state index < -0.39 is 45.1 Å². The summed E-state index contributed by atoms with van der Waals surface area (Å²) >= 11 is 0. The first-order valence-corrected chi connectivity index (χ1v) is 14.1. The van der Waals surface area contributed by atoms with E-state index in [9.17, 15) is 29.8 Å². The number of carbonyl (C=O) groups is 2. The van der Waals surface area contributed by atoms with Crippen molar-refractivity contribution < 1.29 is 28.9 Å². The highest BCUT2D eigenvalue weighted by atomic mass is 16.6.